The summed E-state index contributed by atoms with van der Waals surface area (Å²) in [6, 6.07) is 1.13. The molecule has 0 amide bonds. The third kappa shape index (κ3) is 5.63. The molecule has 28 heavy (non-hydrogen) atoms. The van der Waals surface area contributed by atoms with Gasteiger partial charge in [0.05, 0.1) is 0 Å². The molecule has 2 aliphatic rings. The molecule has 1 aliphatic heterocycles. The van der Waals surface area contributed by atoms with Gasteiger partial charge in [-0.3, -0.25) is 4.90 Å². The zero-order valence-corrected chi connectivity index (χ0v) is 18.8. The van der Waals surface area contributed by atoms with Gasteiger partial charge in [0.25, 0.3) is 0 Å². The molecule has 1 aromatic heterocycles. The topological polar surface area (TPSA) is 70.4 Å². The number of likely N-dealkylation sites (N-methyl/N-ethyl adjacent to an activating group) is 1. The van der Waals surface area contributed by atoms with E-state index in [1.165, 1.54) is 44.4 Å². The average molecular weight is 408 g/mol. The van der Waals surface area contributed by atoms with Gasteiger partial charge in [0.2, 0.25) is 0 Å². The Morgan fingerprint density at radius 3 is 2.82 bits per heavy atom. The standard InChI is InChI=1S/C20H37N7S/c1-5-27-11-7-8-17(27)13-21-20(22-14-19-25-24-15(3)26(19)4)23-16-9-10-18(12-16)28-6-2/h16-18H,5-14H2,1-4H3,(H2,21,22,23). The van der Waals surface area contributed by atoms with Crippen LogP contribution in [-0.4, -0.2) is 68.3 Å². The Balaban J connectivity index is 1.61. The summed E-state index contributed by atoms with van der Waals surface area (Å²) in [6.07, 6.45) is 6.34. The molecule has 8 heteroatoms. The van der Waals surface area contributed by atoms with E-state index in [1.54, 1.807) is 0 Å². The number of likely N-dealkylation sites (tertiary alicyclic amines) is 1. The first-order chi connectivity index (χ1) is 13.6. The van der Waals surface area contributed by atoms with Crippen LogP contribution in [0.5, 0.6) is 0 Å². The van der Waals surface area contributed by atoms with Crippen LogP contribution in [0, 0.1) is 6.92 Å². The average Bonchev–Trinajstić information content (AvgIpc) is 3.40. The van der Waals surface area contributed by atoms with Crippen molar-refractivity contribution in [2.75, 3.05) is 25.4 Å². The fourth-order valence-corrected chi connectivity index (χ4v) is 5.44. The molecule has 3 rings (SSSR count). The van der Waals surface area contributed by atoms with Crippen LogP contribution in [0.15, 0.2) is 4.99 Å². The Kier molecular flexibility index (Phi) is 8.02. The molecule has 0 bridgehead atoms. The lowest BCUT2D eigenvalue weighted by atomic mass is 10.2. The van der Waals surface area contributed by atoms with E-state index in [4.69, 9.17) is 4.99 Å². The first-order valence-corrected chi connectivity index (χ1v) is 11.9. The van der Waals surface area contributed by atoms with Crippen molar-refractivity contribution in [1.82, 2.24) is 30.3 Å². The van der Waals surface area contributed by atoms with Gasteiger partial charge in [-0.15, -0.1) is 10.2 Å². The number of aromatic nitrogens is 3. The number of thioether (sulfide) groups is 1. The molecule has 2 fully saturated rings. The molecule has 0 spiro atoms. The minimum atomic E-state index is 0.516. The normalized spacial score (nSPS) is 26.1. The van der Waals surface area contributed by atoms with Gasteiger partial charge in [-0.2, -0.15) is 11.8 Å². The number of aliphatic imine (C=N–C) groups is 1. The second-order valence-corrected chi connectivity index (χ2v) is 9.50. The SMILES string of the molecule is CCSC1CCC(NC(=NCc2nnc(C)n2C)NCC2CCCN2CC)C1. The Bertz CT molecular complexity index is 644. The van der Waals surface area contributed by atoms with Crippen molar-refractivity contribution in [3.63, 3.8) is 0 Å². The number of nitrogens with zero attached hydrogens (tertiary/aromatic N) is 5. The number of hydrogen-bond acceptors (Lipinski definition) is 5. The van der Waals surface area contributed by atoms with Crippen molar-refractivity contribution >= 4 is 17.7 Å². The van der Waals surface area contributed by atoms with Crippen LogP contribution >= 0.6 is 11.8 Å². The zero-order chi connectivity index (χ0) is 19.9. The second kappa shape index (κ2) is 10.5. The highest BCUT2D eigenvalue weighted by Crippen LogP contribution is 2.29. The summed E-state index contributed by atoms with van der Waals surface area (Å²) in [6.45, 7) is 10.3. The second-order valence-electron chi connectivity index (χ2n) is 7.92. The summed E-state index contributed by atoms with van der Waals surface area (Å²) < 4.78 is 2.01. The van der Waals surface area contributed by atoms with Crippen LogP contribution in [0.25, 0.3) is 0 Å². The largest absolute Gasteiger partial charge is 0.355 e. The molecule has 2 N–H and O–H groups in total. The maximum absolute atomic E-state index is 4.86. The summed E-state index contributed by atoms with van der Waals surface area (Å²) in [5.41, 5.74) is 0. The number of hydrogen-bond donors (Lipinski definition) is 2. The van der Waals surface area contributed by atoms with E-state index in [9.17, 15) is 0 Å². The summed E-state index contributed by atoms with van der Waals surface area (Å²) in [7, 11) is 2.00. The first-order valence-electron chi connectivity index (χ1n) is 10.9. The maximum atomic E-state index is 4.86. The van der Waals surface area contributed by atoms with Crippen LogP contribution in [0.2, 0.25) is 0 Å². The number of aryl methyl sites for hydroxylation is 1. The van der Waals surface area contributed by atoms with Crippen molar-refractivity contribution in [3.8, 4) is 0 Å². The number of guanidine groups is 1. The minimum Gasteiger partial charge on any atom is -0.355 e. The van der Waals surface area contributed by atoms with Crippen LogP contribution in [0.3, 0.4) is 0 Å². The predicted molar refractivity (Wildman–Crippen MR) is 118 cm³/mol. The molecule has 3 unspecified atom stereocenters. The molecule has 0 aromatic carbocycles. The van der Waals surface area contributed by atoms with Crippen molar-refractivity contribution < 1.29 is 0 Å². The van der Waals surface area contributed by atoms with Gasteiger partial charge in [-0.05, 0) is 57.9 Å². The van der Waals surface area contributed by atoms with Gasteiger partial charge >= 0.3 is 0 Å². The Morgan fingerprint density at radius 2 is 2.11 bits per heavy atom. The predicted octanol–water partition coefficient (Wildman–Crippen LogP) is 2.32. The van der Waals surface area contributed by atoms with E-state index in [2.05, 4.69) is 51.3 Å². The van der Waals surface area contributed by atoms with Crippen molar-refractivity contribution in [3.05, 3.63) is 11.6 Å². The van der Waals surface area contributed by atoms with E-state index in [0.29, 0.717) is 18.6 Å². The maximum Gasteiger partial charge on any atom is 0.191 e. The lowest BCUT2D eigenvalue weighted by Gasteiger charge is -2.25. The first kappa shape index (κ1) is 21.4. The highest BCUT2D eigenvalue weighted by atomic mass is 32.2. The van der Waals surface area contributed by atoms with Gasteiger partial charge in [0.15, 0.2) is 11.8 Å². The Labute approximate surface area is 174 Å². The fourth-order valence-electron chi connectivity index (χ4n) is 4.30. The van der Waals surface area contributed by atoms with Gasteiger partial charge in [0.1, 0.15) is 12.4 Å². The van der Waals surface area contributed by atoms with Crippen LogP contribution in [0.1, 0.15) is 57.6 Å². The number of nitrogens with one attached hydrogen (secondary N) is 2. The third-order valence-corrected chi connectivity index (χ3v) is 7.33. The molecule has 1 saturated carbocycles. The summed E-state index contributed by atoms with van der Waals surface area (Å²) in [5, 5.41) is 16.5. The molecular formula is C20H37N7S. The molecule has 158 valence electrons. The summed E-state index contributed by atoms with van der Waals surface area (Å²) >= 11 is 2.09. The lowest BCUT2D eigenvalue weighted by Crippen LogP contribution is -2.47. The van der Waals surface area contributed by atoms with Crippen molar-refractivity contribution in [1.29, 1.82) is 0 Å². The van der Waals surface area contributed by atoms with E-state index in [-0.39, 0.29) is 0 Å². The molecule has 1 saturated heterocycles. The molecule has 2 heterocycles. The third-order valence-electron chi connectivity index (χ3n) is 6.10. The summed E-state index contributed by atoms with van der Waals surface area (Å²) in [4.78, 5) is 7.43. The smallest absolute Gasteiger partial charge is 0.191 e. The van der Waals surface area contributed by atoms with Gasteiger partial charge in [-0.1, -0.05) is 13.8 Å². The molecule has 0 radical (unpaired) electrons. The van der Waals surface area contributed by atoms with Gasteiger partial charge < -0.3 is 15.2 Å². The van der Waals surface area contributed by atoms with Gasteiger partial charge in [-0.25, -0.2) is 4.99 Å². The molecule has 3 atom stereocenters. The molecule has 7 nitrogen and oxygen atoms in total. The molecule has 1 aromatic rings. The fraction of sp³-hybridized carbons (Fsp3) is 0.850. The lowest BCUT2D eigenvalue weighted by molar-refractivity contribution is 0.266. The Morgan fingerprint density at radius 1 is 1.25 bits per heavy atom. The molecule has 1 aliphatic carbocycles. The van der Waals surface area contributed by atoms with E-state index in [1.807, 2.05) is 18.5 Å². The van der Waals surface area contributed by atoms with Gasteiger partial charge in [0, 0.05) is 30.9 Å². The van der Waals surface area contributed by atoms with E-state index >= 15 is 0 Å². The summed E-state index contributed by atoms with van der Waals surface area (Å²) in [5.74, 6) is 3.96. The van der Waals surface area contributed by atoms with Crippen LogP contribution in [0.4, 0.5) is 0 Å². The van der Waals surface area contributed by atoms with Crippen molar-refractivity contribution in [2.45, 2.75) is 76.8 Å². The highest BCUT2D eigenvalue weighted by Gasteiger charge is 2.26. The van der Waals surface area contributed by atoms with Crippen molar-refractivity contribution in [2.24, 2.45) is 12.0 Å². The van der Waals surface area contributed by atoms with Crippen LogP contribution < -0.4 is 10.6 Å². The monoisotopic (exact) mass is 407 g/mol. The van der Waals surface area contributed by atoms with E-state index in [0.717, 1.165) is 35.9 Å². The highest BCUT2D eigenvalue weighted by molar-refractivity contribution is 7.99. The number of rotatable bonds is 8. The quantitative estimate of drug-likeness (QED) is 0.509. The zero-order valence-electron chi connectivity index (χ0n) is 17.9. The van der Waals surface area contributed by atoms with E-state index < -0.39 is 0 Å². The molecular weight excluding hydrogens is 370 g/mol. The van der Waals surface area contributed by atoms with Crippen LogP contribution in [-0.2, 0) is 13.6 Å². The minimum absolute atomic E-state index is 0.516. The Hall–Kier alpha value is -1.28.